The number of nitrogens with one attached hydrogen (secondary N) is 3. The second-order valence-electron chi connectivity index (χ2n) is 18.6. The van der Waals surface area contributed by atoms with Gasteiger partial charge < -0.3 is 45.0 Å². The number of rotatable bonds is 12. The lowest BCUT2D eigenvalue weighted by molar-refractivity contribution is -0.128. The summed E-state index contributed by atoms with van der Waals surface area (Å²) in [4.78, 5) is 70.0. The average molecular weight is 904 g/mol. The van der Waals surface area contributed by atoms with Gasteiger partial charge in [0.25, 0.3) is 5.91 Å². The number of methoxy groups -OCH3 is 1. The summed E-state index contributed by atoms with van der Waals surface area (Å²) in [5, 5.41) is 29.3. The standard InChI is InChI=1S/C49H57N5O10Si/c1-27(2)42(52-47(59)63-26-37-34-16-12-10-14-32(34)33-15-11-13-17-35(33)37)44(57)50-28(3)43(56)51-31-20-18-29(19-21-31)30-22-39-46(64-65(8,9)49(4,5)6)54(48(60)61)38-24-40(55)41(62-7)23-36(38)45(58)53(39)25-30/h10-21,23-25,27-28,37,39,42,46,55H,22,26H2,1-9H3,(H,50,57)(H,51,56)(H,52,59)(H,60,61)/t28-,39?,42-,46-/m0/s1. The third-order valence-electron chi connectivity index (χ3n) is 13.0. The zero-order chi connectivity index (χ0) is 47.1. The monoisotopic (exact) mass is 903 g/mol. The summed E-state index contributed by atoms with van der Waals surface area (Å²) in [6.45, 7) is 15.3. The molecule has 0 aromatic heterocycles. The number of nitrogens with zero attached hydrogens (tertiary/aromatic N) is 2. The Morgan fingerprint density at radius 3 is 2.05 bits per heavy atom. The van der Waals surface area contributed by atoms with E-state index < -0.39 is 62.6 Å². The summed E-state index contributed by atoms with van der Waals surface area (Å²) in [5.74, 6) is -2.30. The number of hydrogen-bond donors (Lipinski definition) is 5. The highest BCUT2D eigenvalue weighted by Gasteiger charge is 2.50. The van der Waals surface area contributed by atoms with Crippen LogP contribution >= 0.6 is 0 Å². The van der Waals surface area contributed by atoms with Gasteiger partial charge in [-0.25, -0.2) is 14.5 Å². The van der Waals surface area contributed by atoms with E-state index in [2.05, 4.69) is 28.1 Å². The van der Waals surface area contributed by atoms with Crippen molar-refractivity contribution >= 4 is 55.2 Å². The SMILES string of the molecule is COc1cc2c(cc1O)N(C(=O)O)[C@@H](O[Si](C)(C)C(C)(C)C)C1CC(c3ccc(NC(=O)[C@H](C)NC(=O)[C@@H](NC(=O)OCC4c5ccccc5-c5ccccc54)C(C)C)cc3)=CN1C2=O. The van der Waals surface area contributed by atoms with E-state index in [9.17, 15) is 34.2 Å². The van der Waals surface area contributed by atoms with Crippen molar-refractivity contribution < 1.29 is 48.1 Å². The van der Waals surface area contributed by atoms with Crippen LogP contribution in [0.3, 0.4) is 0 Å². The van der Waals surface area contributed by atoms with Crippen molar-refractivity contribution in [1.29, 1.82) is 0 Å². The number of phenols is 1. The van der Waals surface area contributed by atoms with Crippen LogP contribution in [0.1, 0.15) is 80.9 Å². The Balaban J connectivity index is 1.01. The van der Waals surface area contributed by atoms with Gasteiger partial charge in [-0.2, -0.15) is 0 Å². The maximum atomic E-state index is 14.3. The van der Waals surface area contributed by atoms with Gasteiger partial charge >= 0.3 is 12.2 Å². The molecule has 0 spiro atoms. The molecule has 0 fully saturated rings. The van der Waals surface area contributed by atoms with Crippen LogP contribution in [0.25, 0.3) is 16.7 Å². The second-order valence-corrected chi connectivity index (χ2v) is 23.3. The van der Waals surface area contributed by atoms with Crippen LogP contribution in [0, 0.1) is 5.92 Å². The lowest BCUT2D eigenvalue weighted by Gasteiger charge is -2.44. The third-order valence-corrected chi connectivity index (χ3v) is 17.4. The van der Waals surface area contributed by atoms with Crippen molar-refractivity contribution in [3.8, 4) is 22.6 Å². The van der Waals surface area contributed by atoms with Gasteiger partial charge in [-0.1, -0.05) is 95.3 Å². The summed E-state index contributed by atoms with van der Waals surface area (Å²) in [6, 6.07) is 22.8. The van der Waals surface area contributed by atoms with Crippen LogP contribution in [0.15, 0.2) is 91.1 Å². The number of carbonyl (C=O) groups excluding carboxylic acids is 4. The first kappa shape index (κ1) is 46.3. The number of carboxylic acid groups (broad SMARTS) is 1. The molecular formula is C49H57N5O10Si. The predicted molar refractivity (Wildman–Crippen MR) is 249 cm³/mol. The van der Waals surface area contributed by atoms with E-state index in [-0.39, 0.29) is 52.7 Å². The topological polar surface area (TPSA) is 196 Å². The smallest absolute Gasteiger partial charge is 0.414 e. The Bertz CT molecular complexity index is 2510. The molecule has 5 N–H and O–H groups in total. The molecule has 7 rings (SSSR count). The minimum atomic E-state index is -2.67. The minimum absolute atomic E-state index is 0.00835. The van der Waals surface area contributed by atoms with Crippen LogP contribution in [0.5, 0.6) is 11.5 Å². The Labute approximate surface area is 379 Å². The number of ether oxygens (including phenoxy) is 2. The molecule has 3 aliphatic rings. The highest BCUT2D eigenvalue weighted by molar-refractivity contribution is 6.74. The molecule has 2 heterocycles. The Morgan fingerprint density at radius 1 is 0.862 bits per heavy atom. The number of anilines is 2. The average Bonchev–Trinajstić information content (AvgIpc) is 3.82. The number of fused-ring (bicyclic) bond motifs is 5. The van der Waals surface area contributed by atoms with Crippen molar-refractivity contribution in [2.24, 2.45) is 5.92 Å². The van der Waals surface area contributed by atoms with E-state index in [1.165, 1.54) is 24.1 Å². The fraction of sp³-hybridized carbons (Fsp3) is 0.367. The van der Waals surface area contributed by atoms with E-state index >= 15 is 0 Å². The van der Waals surface area contributed by atoms with E-state index in [1.807, 2.05) is 70.3 Å². The van der Waals surface area contributed by atoms with Crippen molar-refractivity contribution in [3.05, 3.63) is 113 Å². The Hall–Kier alpha value is -6.65. The summed E-state index contributed by atoms with van der Waals surface area (Å²) in [5.41, 5.74) is 6.25. The van der Waals surface area contributed by atoms with Crippen molar-refractivity contribution in [2.75, 3.05) is 23.9 Å². The number of aromatic hydroxyl groups is 1. The van der Waals surface area contributed by atoms with Crippen molar-refractivity contribution in [3.63, 3.8) is 0 Å². The first-order valence-electron chi connectivity index (χ1n) is 21.7. The second kappa shape index (κ2) is 18.1. The maximum Gasteiger partial charge on any atom is 0.414 e. The Kier molecular flexibility index (Phi) is 12.9. The third kappa shape index (κ3) is 9.18. The molecule has 65 heavy (non-hydrogen) atoms. The highest BCUT2D eigenvalue weighted by Crippen LogP contribution is 2.47. The molecule has 4 atom stereocenters. The molecule has 15 nitrogen and oxygen atoms in total. The van der Waals surface area contributed by atoms with Gasteiger partial charge in [-0.3, -0.25) is 14.4 Å². The zero-order valence-electron chi connectivity index (χ0n) is 38.1. The summed E-state index contributed by atoms with van der Waals surface area (Å²) >= 11 is 0. The minimum Gasteiger partial charge on any atom is -0.504 e. The van der Waals surface area contributed by atoms with Crippen LogP contribution in [-0.2, 0) is 18.8 Å². The van der Waals surface area contributed by atoms with Gasteiger partial charge in [0.2, 0.25) is 11.8 Å². The Morgan fingerprint density at radius 2 is 1.48 bits per heavy atom. The summed E-state index contributed by atoms with van der Waals surface area (Å²) in [6.07, 6.45) is -1.29. The molecule has 4 aromatic carbocycles. The number of alkyl carbamates (subject to hydrolysis) is 1. The largest absolute Gasteiger partial charge is 0.504 e. The van der Waals surface area contributed by atoms with E-state index in [0.717, 1.165) is 38.3 Å². The summed E-state index contributed by atoms with van der Waals surface area (Å²) < 4.78 is 17.8. The van der Waals surface area contributed by atoms with E-state index in [0.29, 0.717) is 5.69 Å². The summed E-state index contributed by atoms with van der Waals surface area (Å²) in [7, 11) is -1.33. The molecule has 0 bridgehead atoms. The van der Waals surface area contributed by atoms with Gasteiger partial charge in [-0.15, -0.1) is 0 Å². The molecule has 2 aliphatic heterocycles. The molecule has 342 valence electrons. The molecule has 0 radical (unpaired) electrons. The van der Waals surface area contributed by atoms with Gasteiger partial charge in [0.1, 0.15) is 18.7 Å². The number of benzene rings is 4. The van der Waals surface area contributed by atoms with Crippen LogP contribution in [0.4, 0.5) is 21.0 Å². The van der Waals surface area contributed by atoms with Gasteiger partial charge in [-0.05, 0) is 89.0 Å². The van der Waals surface area contributed by atoms with Crippen molar-refractivity contribution in [2.45, 2.75) is 96.4 Å². The normalized spacial score (nSPS) is 17.8. The number of phenolic OH excluding ortho intramolecular Hbond substituents is 1. The lowest BCUT2D eigenvalue weighted by atomic mass is 9.98. The zero-order valence-corrected chi connectivity index (χ0v) is 39.1. The predicted octanol–water partition coefficient (Wildman–Crippen LogP) is 8.51. The van der Waals surface area contributed by atoms with Gasteiger partial charge in [0.15, 0.2) is 26.0 Å². The molecule has 1 aliphatic carbocycles. The first-order valence-corrected chi connectivity index (χ1v) is 24.6. The van der Waals surface area contributed by atoms with Crippen LogP contribution in [0.2, 0.25) is 18.1 Å². The van der Waals surface area contributed by atoms with Gasteiger partial charge in [0.05, 0.1) is 24.4 Å². The molecule has 5 amide bonds. The van der Waals surface area contributed by atoms with Crippen LogP contribution in [-0.4, -0.2) is 91.4 Å². The maximum absolute atomic E-state index is 14.3. The van der Waals surface area contributed by atoms with Crippen molar-refractivity contribution in [1.82, 2.24) is 15.5 Å². The molecule has 1 unspecified atom stereocenters. The lowest BCUT2D eigenvalue weighted by Crippen LogP contribution is -2.57. The number of hydrogen-bond acceptors (Lipinski definition) is 9. The first-order chi connectivity index (χ1) is 30.7. The number of amides is 5. The molecular weight excluding hydrogens is 847 g/mol. The quantitative estimate of drug-likeness (QED) is 0.0860. The van der Waals surface area contributed by atoms with E-state index in [4.69, 9.17) is 13.9 Å². The molecule has 4 aromatic rings. The van der Waals surface area contributed by atoms with Gasteiger partial charge in [0, 0.05) is 23.9 Å². The molecule has 0 saturated heterocycles. The highest BCUT2D eigenvalue weighted by atomic mass is 28.4. The molecule has 16 heteroatoms. The fourth-order valence-corrected chi connectivity index (χ4v) is 9.55. The van der Waals surface area contributed by atoms with E-state index in [1.54, 1.807) is 51.2 Å². The fourth-order valence-electron chi connectivity index (χ4n) is 8.33. The molecule has 0 saturated carbocycles. The van der Waals surface area contributed by atoms with Crippen LogP contribution < -0.4 is 25.6 Å². The number of carbonyl (C=O) groups is 5.